The van der Waals surface area contributed by atoms with Crippen LogP contribution in [-0.4, -0.2) is 64.5 Å². The smallest absolute Gasteiger partial charge is 0.331 e. The molecule has 0 saturated heterocycles. The fourth-order valence-corrected chi connectivity index (χ4v) is 2.89. The molecule has 0 amide bonds. The van der Waals surface area contributed by atoms with E-state index in [1.54, 1.807) is 14.1 Å². The second kappa shape index (κ2) is 16.3. The molecule has 8 nitrogen and oxygen atoms in total. The van der Waals surface area contributed by atoms with Crippen molar-refractivity contribution in [2.75, 3.05) is 40.5 Å². The molecule has 0 saturated carbocycles. The fraction of sp³-hybridized carbons (Fsp3) is 0.385. The number of likely N-dealkylation sites (N-methyl/N-ethyl adjacent to an activating group) is 2. The third-order valence-corrected chi connectivity index (χ3v) is 4.98. The Morgan fingerprint density at radius 2 is 1.09 bits per heavy atom. The molecule has 0 aromatic heterocycles. The maximum Gasteiger partial charge on any atom is 0.331 e. The molecule has 2 atom stereocenters. The van der Waals surface area contributed by atoms with Crippen molar-refractivity contribution < 1.29 is 28.5 Å². The minimum atomic E-state index is -0.609. The number of carbonyl (C=O) groups excluding carboxylic acids is 2. The lowest BCUT2D eigenvalue weighted by molar-refractivity contribution is -0.141. The van der Waals surface area contributed by atoms with Crippen molar-refractivity contribution in [2.24, 2.45) is 0 Å². The Labute approximate surface area is 201 Å². The van der Waals surface area contributed by atoms with Gasteiger partial charge in [0.2, 0.25) is 0 Å². The zero-order chi connectivity index (χ0) is 24.4. The molecule has 0 aliphatic rings. The number of ether oxygens (including phenoxy) is 4. The number of esters is 2. The maximum atomic E-state index is 11.9. The summed E-state index contributed by atoms with van der Waals surface area (Å²) in [5.74, 6) is 0.366. The first-order valence-electron chi connectivity index (χ1n) is 11.3. The number of rotatable bonds is 16. The first-order chi connectivity index (χ1) is 16.6. The van der Waals surface area contributed by atoms with Gasteiger partial charge in [-0.1, -0.05) is 36.4 Å². The van der Waals surface area contributed by atoms with Crippen LogP contribution in [0.5, 0.6) is 11.5 Å². The van der Waals surface area contributed by atoms with Gasteiger partial charge in [0.05, 0.1) is 13.2 Å². The monoisotopic (exact) mass is 470 g/mol. The summed E-state index contributed by atoms with van der Waals surface area (Å²) in [5, 5.41) is 6.17. The van der Waals surface area contributed by atoms with Crippen LogP contribution in [0.25, 0.3) is 0 Å². The maximum absolute atomic E-state index is 11.9. The Morgan fingerprint density at radius 3 is 1.44 bits per heavy atom. The third kappa shape index (κ3) is 11.5. The average Bonchev–Trinajstić information content (AvgIpc) is 2.88. The summed E-state index contributed by atoms with van der Waals surface area (Å²) in [6.07, 6.45) is 3.46. The molecule has 2 N–H and O–H groups in total. The van der Waals surface area contributed by atoms with Crippen LogP contribution in [0.3, 0.4) is 0 Å². The van der Waals surface area contributed by atoms with Crippen LogP contribution in [0.4, 0.5) is 0 Å². The van der Waals surface area contributed by atoms with Crippen molar-refractivity contribution in [1.82, 2.24) is 10.6 Å². The van der Waals surface area contributed by atoms with E-state index in [4.69, 9.17) is 18.9 Å². The van der Waals surface area contributed by atoms with E-state index < -0.39 is 11.9 Å². The molecule has 2 unspecified atom stereocenters. The summed E-state index contributed by atoms with van der Waals surface area (Å²) < 4.78 is 21.7. The molecular formula is C26H34N2O6. The van der Waals surface area contributed by atoms with E-state index in [9.17, 15) is 9.59 Å². The molecule has 0 fully saturated rings. The second-order valence-corrected chi connectivity index (χ2v) is 7.46. The summed E-state index contributed by atoms with van der Waals surface area (Å²) in [4.78, 5) is 23.9. The van der Waals surface area contributed by atoms with E-state index in [0.29, 0.717) is 26.1 Å². The van der Waals surface area contributed by atoms with Crippen LogP contribution < -0.4 is 20.1 Å². The van der Waals surface area contributed by atoms with Gasteiger partial charge in [-0.15, -0.1) is 0 Å². The van der Waals surface area contributed by atoms with E-state index in [1.165, 1.54) is 0 Å². The van der Waals surface area contributed by atoms with Gasteiger partial charge in [0.25, 0.3) is 0 Å². The van der Waals surface area contributed by atoms with Gasteiger partial charge >= 0.3 is 11.9 Å². The summed E-state index contributed by atoms with van der Waals surface area (Å²) in [7, 11) is 3.58. The molecule has 8 heteroatoms. The summed E-state index contributed by atoms with van der Waals surface area (Å²) >= 11 is 0. The molecule has 0 spiro atoms. The standard InChI is InChI=1S/C26H34N2O6/c1-27-21(15-17-31-23-9-5-3-6-10-23)19-33-25(29)13-14-26(30)34-20-22(28-2)16-18-32-24-11-7-4-8-12-24/h3-14,21-22,27-28H,15-20H2,1-2H3/b14-13-. The Balaban J connectivity index is 1.60. The topological polar surface area (TPSA) is 95.1 Å². The predicted octanol–water partition coefficient (Wildman–Crippen LogP) is 2.74. The van der Waals surface area contributed by atoms with E-state index in [0.717, 1.165) is 23.7 Å². The number of benzene rings is 2. The lowest BCUT2D eigenvalue weighted by atomic mass is 10.2. The Kier molecular flexibility index (Phi) is 12.9. The zero-order valence-electron chi connectivity index (χ0n) is 19.8. The van der Waals surface area contributed by atoms with E-state index in [2.05, 4.69) is 10.6 Å². The summed E-state index contributed by atoms with van der Waals surface area (Å²) in [6, 6.07) is 18.9. The molecule has 184 valence electrons. The Hall–Kier alpha value is -3.36. The van der Waals surface area contributed by atoms with Gasteiger partial charge in [0, 0.05) is 37.1 Å². The van der Waals surface area contributed by atoms with Crippen molar-refractivity contribution in [3.8, 4) is 11.5 Å². The molecule has 2 aromatic carbocycles. The predicted molar refractivity (Wildman–Crippen MR) is 130 cm³/mol. The van der Waals surface area contributed by atoms with Crippen LogP contribution >= 0.6 is 0 Å². The van der Waals surface area contributed by atoms with Crippen LogP contribution in [0, 0.1) is 0 Å². The molecule has 2 rings (SSSR count). The molecular weight excluding hydrogens is 436 g/mol. The number of hydrogen-bond donors (Lipinski definition) is 2. The van der Waals surface area contributed by atoms with Gasteiger partial charge in [-0.05, 0) is 38.4 Å². The summed E-state index contributed by atoms with van der Waals surface area (Å²) in [5.41, 5.74) is 0. The van der Waals surface area contributed by atoms with Gasteiger partial charge in [-0.3, -0.25) is 0 Å². The third-order valence-electron chi connectivity index (χ3n) is 4.98. The second-order valence-electron chi connectivity index (χ2n) is 7.46. The van der Waals surface area contributed by atoms with Gasteiger partial charge in [0.15, 0.2) is 0 Å². The first kappa shape index (κ1) is 26.9. The Bertz CT molecular complexity index is 789. The van der Waals surface area contributed by atoms with Crippen molar-refractivity contribution >= 4 is 11.9 Å². The highest BCUT2D eigenvalue weighted by Crippen LogP contribution is 2.10. The van der Waals surface area contributed by atoms with Gasteiger partial charge in [-0.2, -0.15) is 0 Å². The lowest BCUT2D eigenvalue weighted by Crippen LogP contribution is -2.33. The van der Waals surface area contributed by atoms with Crippen LogP contribution in [0.1, 0.15) is 12.8 Å². The van der Waals surface area contributed by atoms with E-state index >= 15 is 0 Å². The van der Waals surface area contributed by atoms with Gasteiger partial charge in [-0.25, -0.2) is 9.59 Å². The fourth-order valence-electron chi connectivity index (χ4n) is 2.89. The molecule has 0 aliphatic carbocycles. The molecule has 0 bridgehead atoms. The molecule has 0 aliphatic heterocycles. The number of hydrogen-bond acceptors (Lipinski definition) is 8. The van der Waals surface area contributed by atoms with Crippen molar-refractivity contribution in [2.45, 2.75) is 24.9 Å². The molecule has 0 heterocycles. The van der Waals surface area contributed by atoms with E-state index in [1.807, 2.05) is 60.7 Å². The van der Waals surface area contributed by atoms with Crippen molar-refractivity contribution in [1.29, 1.82) is 0 Å². The normalized spacial score (nSPS) is 12.6. The largest absolute Gasteiger partial charge is 0.494 e. The van der Waals surface area contributed by atoms with E-state index in [-0.39, 0.29) is 25.3 Å². The minimum absolute atomic E-state index is 0.0671. The highest BCUT2D eigenvalue weighted by Gasteiger charge is 2.11. The molecule has 2 aromatic rings. The van der Waals surface area contributed by atoms with Gasteiger partial charge in [0.1, 0.15) is 24.7 Å². The van der Waals surface area contributed by atoms with Gasteiger partial charge < -0.3 is 29.6 Å². The molecule has 0 radical (unpaired) electrons. The highest BCUT2D eigenvalue weighted by molar-refractivity contribution is 5.91. The number of para-hydroxylation sites is 2. The number of nitrogens with one attached hydrogen (secondary N) is 2. The SMILES string of the molecule is CNC(CCOc1ccccc1)COC(=O)/C=C\C(=O)OCC(CCOc1ccccc1)NC. The first-order valence-corrected chi connectivity index (χ1v) is 11.3. The average molecular weight is 471 g/mol. The number of carbonyl (C=O) groups is 2. The lowest BCUT2D eigenvalue weighted by Gasteiger charge is -2.16. The quantitative estimate of drug-likeness (QED) is 0.286. The van der Waals surface area contributed by atoms with Crippen LogP contribution in [0.2, 0.25) is 0 Å². The highest BCUT2D eigenvalue weighted by atomic mass is 16.5. The summed E-state index contributed by atoms with van der Waals surface area (Å²) in [6.45, 7) is 1.29. The zero-order valence-corrected chi connectivity index (χ0v) is 19.8. The Morgan fingerprint density at radius 1 is 0.706 bits per heavy atom. The van der Waals surface area contributed by atoms with Crippen LogP contribution in [-0.2, 0) is 19.1 Å². The molecule has 34 heavy (non-hydrogen) atoms. The van der Waals surface area contributed by atoms with Crippen LogP contribution in [0.15, 0.2) is 72.8 Å². The van der Waals surface area contributed by atoms with Crippen molar-refractivity contribution in [3.05, 3.63) is 72.8 Å². The van der Waals surface area contributed by atoms with Crippen molar-refractivity contribution in [3.63, 3.8) is 0 Å². The minimum Gasteiger partial charge on any atom is -0.494 e.